The highest BCUT2D eigenvalue weighted by Gasteiger charge is 2.61. The lowest BCUT2D eigenvalue weighted by Crippen LogP contribution is -2.52. The largest absolute Gasteiger partial charge is 0.385 e. The van der Waals surface area contributed by atoms with Gasteiger partial charge in [0.05, 0.1) is 36.2 Å². The standard InChI is InChI=1S/C25H38N2O5S.C25H34N2O5S.CH4.H2/c2*1-24(2)20-9-10-25(3,17-20)23(24)26-22(28)19-8-7-18(6-5-13-31-4)21(16-19)33(29,30)27-11-14-32-15-12-27;;/h7-8,16,20,23H,5-6,9-15,17H2,1-4H3,(H,26,28);7-8,16,20,23H,9-15,17H2,1-4H3,(H,26,28);1H4;1H/t2*20-,23?,25-;;/m11../s1. The van der Waals surface area contributed by atoms with Gasteiger partial charge in [0, 0.05) is 77.2 Å². The van der Waals surface area contributed by atoms with Gasteiger partial charge in [-0.15, -0.1) is 0 Å². The van der Waals surface area contributed by atoms with Gasteiger partial charge in [0.1, 0.15) is 6.61 Å². The molecule has 67 heavy (non-hydrogen) atoms. The number of nitrogens with zero attached hydrogens (tertiary/aromatic N) is 2. The Morgan fingerprint density at radius 3 is 1.63 bits per heavy atom. The van der Waals surface area contributed by atoms with E-state index in [0.717, 1.165) is 31.2 Å². The molecule has 14 nitrogen and oxygen atoms in total. The van der Waals surface area contributed by atoms with Gasteiger partial charge in [0.25, 0.3) is 11.8 Å². The minimum atomic E-state index is -3.83. The van der Waals surface area contributed by atoms with E-state index in [-0.39, 0.29) is 83.9 Å². The van der Waals surface area contributed by atoms with Gasteiger partial charge in [0.15, 0.2) is 0 Å². The molecule has 16 heteroatoms. The molecule has 2 amide bonds. The van der Waals surface area contributed by atoms with Crippen LogP contribution >= 0.6 is 0 Å². The number of rotatable bonds is 13. The van der Waals surface area contributed by atoms with Crippen LogP contribution in [0.25, 0.3) is 0 Å². The van der Waals surface area contributed by atoms with Crippen LogP contribution in [0.4, 0.5) is 0 Å². The molecule has 8 rings (SSSR count). The van der Waals surface area contributed by atoms with Crippen LogP contribution in [-0.2, 0) is 45.4 Å². The topological polar surface area (TPSA) is 170 Å². The van der Waals surface area contributed by atoms with Crippen molar-refractivity contribution in [2.24, 2.45) is 33.5 Å². The summed E-state index contributed by atoms with van der Waals surface area (Å²) in [7, 11) is -4.38. The molecule has 6 atom stereocenters. The van der Waals surface area contributed by atoms with E-state index in [9.17, 15) is 26.4 Å². The van der Waals surface area contributed by atoms with E-state index in [0.29, 0.717) is 87.5 Å². The van der Waals surface area contributed by atoms with E-state index in [1.54, 1.807) is 37.4 Å². The Labute approximate surface area is 402 Å². The number of amides is 2. The molecule has 2 aromatic rings. The van der Waals surface area contributed by atoms with Gasteiger partial charge in [-0.2, -0.15) is 8.61 Å². The first-order chi connectivity index (χ1) is 31.2. The smallest absolute Gasteiger partial charge is 0.251 e. The maximum absolute atomic E-state index is 13.5. The number of nitrogens with one attached hydrogen (secondary N) is 2. The van der Waals surface area contributed by atoms with Gasteiger partial charge in [-0.05, 0) is 121 Å². The van der Waals surface area contributed by atoms with E-state index in [2.05, 4.69) is 64.0 Å². The third-order valence-electron chi connectivity index (χ3n) is 16.1. The number of carbonyl (C=O) groups is 2. The Bertz CT molecular complexity index is 2400. The number of carbonyl (C=O) groups excluding carboxylic acids is 2. The summed E-state index contributed by atoms with van der Waals surface area (Å²) in [6.07, 6.45) is 8.20. The second-order valence-corrected chi connectivity index (χ2v) is 24.9. The fourth-order valence-corrected chi connectivity index (χ4v) is 15.6. The highest BCUT2D eigenvalue weighted by Crippen LogP contribution is 2.63. The molecule has 0 spiro atoms. The van der Waals surface area contributed by atoms with Gasteiger partial charge in [-0.25, -0.2) is 16.8 Å². The Morgan fingerprint density at radius 1 is 0.716 bits per heavy atom. The number of benzene rings is 2. The highest BCUT2D eigenvalue weighted by atomic mass is 32.2. The van der Waals surface area contributed by atoms with Gasteiger partial charge < -0.3 is 29.6 Å². The number of sulfonamides is 2. The molecule has 2 N–H and O–H groups in total. The number of hydrogen-bond donors (Lipinski definition) is 2. The zero-order chi connectivity index (χ0) is 47.7. The molecule has 2 aromatic carbocycles. The zero-order valence-electron chi connectivity index (χ0n) is 40.3. The molecular weight excluding hydrogens is 893 g/mol. The summed E-state index contributed by atoms with van der Waals surface area (Å²) < 4.78 is 77.6. The minimum Gasteiger partial charge on any atom is -0.385 e. The van der Waals surface area contributed by atoms with E-state index in [1.807, 2.05) is 0 Å². The number of fused-ring (bicyclic) bond motifs is 4. The van der Waals surface area contributed by atoms with Gasteiger partial charge in [-0.3, -0.25) is 9.59 Å². The number of ether oxygens (including phenoxy) is 4. The maximum atomic E-state index is 13.5. The maximum Gasteiger partial charge on any atom is 0.251 e. The molecule has 4 bridgehead atoms. The average molecular weight is 971 g/mol. The third kappa shape index (κ3) is 10.7. The lowest BCUT2D eigenvalue weighted by atomic mass is 9.68. The van der Waals surface area contributed by atoms with Crippen molar-refractivity contribution in [1.29, 1.82) is 0 Å². The quantitative estimate of drug-likeness (QED) is 0.162. The van der Waals surface area contributed by atoms with Crippen LogP contribution < -0.4 is 10.6 Å². The summed E-state index contributed by atoms with van der Waals surface area (Å²) in [5, 5.41) is 6.56. The number of methoxy groups -OCH3 is 2. The number of aryl methyl sites for hydroxylation is 1. The second-order valence-electron chi connectivity index (χ2n) is 21.0. The third-order valence-corrected chi connectivity index (χ3v) is 20.0. The minimum absolute atomic E-state index is 0. The van der Waals surface area contributed by atoms with Crippen molar-refractivity contribution in [3.8, 4) is 11.8 Å². The molecule has 374 valence electrons. The molecule has 6 fully saturated rings. The van der Waals surface area contributed by atoms with Gasteiger partial charge in [-0.1, -0.05) is 66.9 Å². The molecule has 2 aliphatic heterocycles. The first-order valence-corrected chi connectivity index (χ1v) is 26.6. The zero-order valence-corrected chi connectivity index (χ0v) is 41.9. The molecule has 4 aliphatic carbocycles. The highest BCUT2D eigenvalue weighted by molar-refractivity contribution is 7.89. The summed E-state index contributed by atoms with van der Waals surface area (Å²) in [4.78, 5) is 27.0. The van der Waals surface area contributed by atoms with Crippen molar-refractivity contribution in [3.63, 3.8) is 0 Å². The predicted molar refractivity (Wildman–Crippen MR) is 261 cm³/mol. The van der Waals surface area contributed by atoms with Crippen LogP contribution in [0.1, 0.15) is 127 Å². The molecule has 6 aliphatic rings. The van der Waals surface area contributed by atoms with Gasteiger partial charge >= 0.3 is 0 Å². The lowest BCUT2D eigenvalue weighted by molar-refractivity contribution is 0.0728. The molecule has 2 saturated heterocycles. The van der Waals surface area contributed by atoms with Crippen molar-refractivity contribution in [2.45, 2.75) is 122 Å². The lowest BCUT2D eigenvalue weighted by Gasteiger charge is -2.43. The average Bonchev–Trinajstić information content (AvgIpc) is 4.00. The fraction of sp³-hybridized carbons (Fsp3) is 0.686. The van der Waals surface area contributed by atoms with Crippen LogP contribution in [0.2, 0.25) is 0 Å². The van der Waals surface area contributed by atoms with Crippen LogP contribution in [0.5, 0.6) is 0 Å². The van der Waals surface area contributed by atoms with Crippen LogP contribution in [-0.4, -0.2) is 129 Å². The van der Waals surface area contributed by atoms with Crippen LogP contribution in [0, 0.1) is 45.3 Å². The second kappa shape index (κ2) is 20.9. The fourth-order valence-electron chi connectivity index (χ4n) is 12.3. The van der Waals surface area contributed by atoms with E-state index >= 15 is 0 Å². The van der Waals surface area contributed by atoms with Crippen LogP contribution in [0.15, 0.2) is 46.2 Å². The van der Waals surface area contributed by atoms with Crippen molar-refractivity contribution >= 4 is 31.9 Å². The van der Waals surface area contributed by atoms with Crippen molar-refractivity contribution in [2.75, 3.05) is 80.0 Å². The summed E-state index contributed by atoms with van der Waals surface area (Å²) in [6, 6.07) is 10.0. The van der Waals surface area contributed by atoms with E-state index < -0.39 is 20.0 Å². The van der Waals surface area contributed by atoms with Crippen molar-refractivity contribution < 1.29 is 46.8 Å². The SMILES string of the molecule is C.COCC#Cc1ccc(C(=O)NC2C(C)(C)[C@@H]3CC[C@]2(C)C3)cc1S(=O)(=O)N1CCOCC1.COCCCc1ccc(C(=O)NC2C(C)(C)[C@@H]3CC[C@]2(C)C3)cc1S(=O)(=O)N1CCOCC1.[HH]. The Hall–Kier alpha value is -3.40. The number of morpholine rings is 2. The van der Waals surface area contributed by atoms with E-state index in [1.165, 1.54) is 34.6 Å². The summed E-state index contributed by atoms with van der Waals surface area (Å²) in [6.45, 7) is 16.9. The van der Waals surface area contributed by atoms with Crippen molar-refractivity contribution in [3.05, 3.63) is 58.7 Å². The Kier molecular flexibility index (Phi) is 16.5. The van der Waals surface area contributed by atoms with E-state index in [4.69, 9.17) is 18.9 Å². The van der Waals surface area contributed by atoms with Crippen LogP contribution in [0.3, 0.4) is 0 Å². The summed E-state index contributed by atoms with van der Waals surface area (Å²) in [5.74, 6) is 6.51. The molecule has 2 heterocycles. The first-order valence-electron chi connectivity index (χ1n) is 23.7. The summed E-state index contributed by atoms with van der Waals surface area (Å²) >= 11 is 0. The Morgan fingerprint density at radius 2 is 1.18 bits per heavy atom. The summed E-state index contributed by atoms with van der Waals surface area (Å²) in [5.41, 5.74) is 2.05. The van der Waals surface area contributed by atoms with Crippen molar-refractivity contribution in [1.82, 2.24) is 19.2 Å². The normalized spacial score (nSPS) is 28.7. The predicted octanol–water partition coefficient (Wildman–Crippen LogP) is 6.76. The molecule has 4 saturated carbocycles. The molecule has 2 unspecified atom stereocenters. The molecular formula is C51H78N4O10S2. The molecule has 0 radical (unpaired) electrons. The Balaban J connectivity index is 0.000000247. The molecule has 0 aromatic heterocycles. The first kappa shape index (κ1) is 53.0. The van der Waals surface area contributed by atoms with Gasteiger partial charge in [0.2, 0.25) is 20.0 Å². The number of hydrogen-bond acceptors (Lipinski definition) is 10. The monoisotopic (exact) mass is 971 g/mol.